The van der Waals surface area contributed by atoms with E-state index in [0.717, 1.165) is 10.7 Å². The molecule has 1 amide bonds. The smallest absolute Gasteiger partial charge is 0.220 e. The monoisotopic (exact) mass is 425 g/mol. The van der Waals surface area contributed by atoms with Crippen LogP contribution in [0.1, 0.15) is 48.4 Å². The Kier molecular flexibility index (Phi) is 6.79. The second-order valence-corrected chi connectivity index (χ2v) is 9.69. The molecule has 6 nitrogen and oxygen atoms in total. The van der Waals surface area contributed by atoms with Crippen molar-refractivity contribution in [3.63, 3.8) is 0 Å². The quantitative estimate of drug-likeness (QED) is 0.740. The van der Waals surface area contributed by atoms with Crippen molar-refractivity contribution in [3.05, 3.63) is 51.7 Å². The van der Waals surface area contributed by atoms with Crippen molar-refractivity contribution in [3.8, 4) is 0 Å². The molecule has 0 radical (unpaired) electrons. The molecule has 1 saturated heterocycles. The summed E-state index contributed by atoms with van der Waals surface area (Å²) < 4.78 is 40.5. The van der Waals surface area contributed by atoms with Gasteiger partial charge in [0.1, 0.15) is 5.82 Å². The molecule has 1 N–H and O–H groups in total. The van der Waals surface area contributed by atoms with Crippen LogP contribution in [0.2, 0.25) is 0 Å². The van der Waals surface area contributed by atoms with Gasteiger partial charge in [0.05, 0.1) is 23.0 Å². The largest absolute Gasteiger partial charge is 0.350 e. The third kappa shape index (κ3) is 5.15. The third-order valence-electron chi connectivity index (χ3n) is 4.85. The van der Waals surface area contributed by atoms with E-state index in [9.17, 15) is 17.6 Å². The van der Waals surface area contributed by atoms with Crippen LogP contribution >= 0.6 is 11.3 Å². The highest BCUT2D eigenvalue weighted by Crippen LogP contribution is 2.31. The van der Waals surface area contributed by atoms with Crippen molar-refractivity contribution in [1.29, 1.82) is 0 Å². The van der Waals surface area contributed by atoms with E-state index >= 15 is 0 Å². The number of aromatic nitrogens is 1. The lowest BCUT2D eigenvalue weighted by Crippen LogP contribution is -2.38. The van der Waals surface area contributed by atoms with Gasteiger partial charge in [-0.15, -0.1) is 11.3 Å². The van der Waals surface area contributed by atoms with Crippen molar-refractivity contribution < 1.29 is 17.6 Å². The maximum Gasteiger partial charge on any atom is 0.220 e. The Labute approximate surface area is 168 Å². The fraction of sp³-hybridized carbons (Fsp3) is 0.474. The van der Waals surface area contributed by atoms with E-state index in [0.29, 0.717) is 38.9 Å². The van der Waals surface area contributed by atoms with Gasteiger partial charge in [-0.1, -0.05) is 25.1 Å². The van der Waals surface area contributed by atoms with Crippen LogP contribution in [-0.2, 0) is 27.1 Å². The van der Waals surface area contributed by atoms with Crippen LogP contribution in [0.5, 0.6) is 0 Å². The number of hydrogen-bond donors (Lipinski definition) is 1. The van der Waals surface area contributed by atoms with Gasteiger partial charge in [0.15, 0.2) is 0 Å². The Bertz CT molecular complexity index is 922. The predicted octanol–water partition coefficient (Wildman–Crippen LogP) is 3.02. The molecule has 0 aliphatic carbocycles. The number of benzene rings is 1. The molecule has 1 aromatic heterocycles. The number of halogens is 1. The Morgan fingerprint density at radius 1 is 1.32 bits per heavy atom. The number of carbonyl (C=O) groups is 1. The average Bonchev–Trinajstić information content (AvgIpc) is 3.17. The Balaban J connectivity index is 1.56. The van der Waals surface area contributed by atoms with Crippen molar-refractivity contribution in [2.45, 2.75) is 44.4 Å². The van der Waals surface area contributed by atoms with Crippen LogP contribution in [0.25, 0.3) is 0 Å². The molecule has 1 aliphatic heterocycles. The maximum atomic E-state index is 13.8. The number of nitrogens with one attached hydrogen (secondary N) is 1. The molecule has 1 aliphatic rings. The zero-order valence-electron chi connectivity index (χ0n) is 15.7. The highest BCUT2D eigenvalue weighted by molar-refractivity contribution is 7.88. The molecule has 1 aromatic carbocycles. The summed E-state index contributed by atoms with van der Waals surface area (Å²) in [5.74, 6) is -0.613. The van der Waals surface area contributed by atoms with Gasteiger partial charge in [-0.25, -0.2) is 22.1 Å². The number of nitrogens with zero attached hydrogens (tertiary/aromatic N) is 2. The summed E-state index contributed by atoms with van der Waals surface area (Å²) in [6.45, 7) is 3.03. The number of hydrogen-bond acceptors (Lipinski definition) is 5. The van der Waals surface area contributed by atoms with Gasteiger partial charge < -0.3 is 5.32 Å². The Morgan fingerprint density at radius 2 is 2.04 bits per heavy atom. The molecular weight excluding hydrogens is 401 g/mol. The molecular formula is C19H24FN3O3S2. The highest BCUT2D eigenvalue weighted by Gasteiger charge is 2.30. The molecule has 0 saturated carbocycles. The first-order chi connectivity index (χ1) is 13.4. The minimum absolute atomic E-state index is 0.0112. The first kappa shape index (κ1) is 20.9. The Hall–Kier alpha value is -1.84. The molecule has 2 aromatic rings. The maximum absolute atomic E-state index is 13.8. The first-order valence-corrected chi connectivity index (χ1v) is 11.8. The SMILES string of the molecule is CCC(=O)NCc1csc(C2CCN(S(=O)(=O)Cc3ccccc3F)CC2)n1. The predicted molar refractivity (Wildman–Crippen MR) is 107 cm³/mol. The van der Waals surface area contributed by atoms with E-state index in [2.05, 4.69) is 10.3 Å². The molecule has 2 heterocycles. The normalized spacial score (nSPS) is 16.2. The van der Waals surface area contributed by atoms with E-state index in [4.69, 9.17) is 0 Å². The van der Waals surface area contributed by atoms with E-state index in [1.54, 1.807) is 30.4 Å². The molecule has 9 heteroatoms. The summed E-state index contributed by atoms with van der Waals surface area (Å²) in [5.41, 5.74) is 1.03. The summed E-state index contributed by atoms with van der Waals surface area (Å²) in [6.07, 6.45) is 1.81. The molecule has 0 bridgehead atoms. The van der Waals surface area contributed by atoms with E-state index in [1.807, 2.05) is 5.38 Å². The van der Waals surface area contributed by atoms with Gasteiger partial charge >= 0.3 is 0 Å². The van der Waals surface area contributed by atoms with Crippen LogP contribution in [0.4, 0.5) is 4.39 Å². The zero-order valence-corrected chi connectivity index (χ0v) is 17.4. The highest BCUT2D eigenvalue weighted by atomic mass is 32.2. The van der Waals surface area contributed by atoms with Crippen LogP contribution in [-0.4, -0.2) is 36.7 Å². The van der Waals surface area contributed by atoms with E-state index in [1.165, 1.54) is 16.4 Å². The van der Waals surface area contributed by atoms with E-state index < -0.39 is 15.8 Å². The van der Waals surface area contributed by atoms with Crippen molar-refractivity contribution in [2.75, 3.05) is 13.1 Å². The fourth-order valence-corrected chi connectivity index (χ4v) is 5.76. The molecule has 0 spiro atoms. The fourth-order valence-electron chi connectivity index (χ4n) is 3.19. The third-order valence-corrected chi connectivity index (χ3v) is 7.73. The number of thiazole rings is 1. The lowest BCUT2D eigenvalue weighted by atomic mass is 9.99. The number of carbonyl (C=O) groups excluding carboxylic acids is 1. The summed E-state index contributed by atoms with van der Waals surface area (Å²) in [6, 6.07) is 5.98. The zero-order chi connectivity index (χ0) is 20.1. The van der Waals surface area contributed by atoms with Crippen LogP contribution in [0.3, 0.4) is 0 Å². The summed E-state index contributed by atoms with van der Waals surface area (Å²) in [7, 11) is -3.55. The van der Waals surface area contributed by atoms with Crippen molar-refractivity contribution in [2.24, 2.45) is 0 Å². The number of amides is 1. The van der Waals surface area contributed by atoms with Gasteiger partial charge in [0.2, 0.25) is 15.9 Å². The topological polar surface area (TPSA) is 79.4 Å². The van der Waals surface area contributed by atoms with Crippen LogP contribution < -0.4 is 5.32 Å². The van der Waals surface area contributed by atoms with Crippen molar-refractivity contribution >= 4 is 27.3 Å². The lowest BCUT2D eigenvalue weighted by Gasteiger charge is -2.30. The van der Waals surface area contributed by atoms with Crippen LogP contribution in [0, 0.1) is 5.82 Å². The van der Waals surface area contributed by atoms with Crippen molar-refractivity contribution in [1.82, 2.24) is 14.6 Å². The molecule has 0 atom stereocenters. The summed E-state index contributed by atoms with van der Waals surface area (Å²) in [4.78, 5) is 15.9. The van der Waals surface area contributed by atoms with Gasteiger partial charge in [-0.3, -0.25) is 4.79 Å². The molecule has 28 heavy (non-hydrogen) atoms. The van der Waals surface area contributed by atoms with Gasteiger partial charge in [0.25, 0.3) is 0 Å². The standard InChI is InChI=1S/C19H24FN3O3S2/c1-2-18(24)21-11-16-12-27-19(22-16)14-7-9-23(10-8-14)28(25,26)13-15-5-3-4-6-17(15)20/h3-6,12,14H,2,7-11,13H2,1H3,(H,21,24). The second-order valence-electron chi connectivity index (χ2n) is 6.83. The van der Waals surface area contributed by atoms with Gasteiger partial charge in [-0.2, -0.15) is 0 Å². The number of piperidine rings is 1. The molecule has 152 valence electrons. The average molecular weight is 426 g/mol. The second kappa shape index (κ2) is 9.11. The Morgan fingerprint density at radius 3 is 2.71 bits per heavy atom. The molecule has 3 rings (SSSR count). The van der Waals surface area contributed by atoms with E-state index in [-0.39, 0.29) is 23.1 Å². The van der Waals surface area contributed by atoms with Gasteiger partial charge in [0, 0.05) is 36.4 Å². The molecule has 1 fully saturated rings. The first-order valence-electron chi connectivity index (χ1n) is 9.31. The number of rotatable bonds is 7. The molecule has 0 unspecified atom stereocenters. The minimum Gasteiger partial charge on any atom is -0.350 e. The summed E-state index contributed by atoms with van der Waals surface area (Å²) >= 11 is 1.55. The van der Waals surface area contributed by atoms with Gasteiger partial charge in [-0.05, 0) is 18.9 Å². The minimum atomic E-state index is -3.55. The lowest BCUT2D eigenvalue weighted by molar-refractivity contribution is -0.120. The summed E-state index contributed by atoms with van der Waals surface area (Å²) in [5, 5.41) is 5.72. The number of sulfonamides is 1. The van der Waals surface area contributed by atoms with Crippen LogP contribution in [0.15, 0.2) is 29.6 Å².